The summed E-state index contributed by atoms with van der Waals surface area (Å²) in [5.74, 6) is 0.328. The minimum absolute atomic E-state index is 0.0452. The largest absolute Gasteiger partial charge is 0.353 e. The van der Waals surface area contributed by atoms with Gasteiger partial charge < -0.3 is 5.32 Å². The fraction of sp³-hybridized carbons (Fsp3) is 0.611. The van der Waals surface area contributed by atoms with Crippen molar-refractivity contribution in [1.29, 1.82) is 0 Å². The van der Waals surface area contributed by atoms with Gasteiger partial charge in [0.15, 0.2) is 0 Å². The Balaban J connectivity index is 1.98. The fourth-order valence-corrected chi connectivity index (χ4v) is 4.37. The van der Waals surface area contributed by atoms with E-state index in [4.69, 9.17) is 0 Å². The topological polar surface area (TPSA) is 66.5 Å². The lowest BCUT2D eigenvalue weighted by molar-refractivity contribution is -0.127. The number of aryl methyl sites for hydroxylation is 1. The van der Waals surface area contributed by atoms with E-state index >= 15 is 0 Å². The highest BCUT2D eigenvalue weighted by Gasteiger charge is 2.32. The Bertz CT molecular complexity index is 677. The Hall–Kier alpha value is -1.40. The lowest BCUT2D eigenvalue weighted by atomic mass is 9.96. The standard InChI is InChI=1S/C18H28N2O3S/c1-13(2)15(4)19-18(21)16-8-10-20(11-9-16)24(22,23)17-7-5-6-14(3)12-17/h5-7,12-13,15-16H,8-11H2,1-4H3,(H,19,21)/t15-/m1/s1. The number of nitrogens with one attached hydrogen (secondary N) is 1. The van der Waals surface area contributed by atoms with Crippen LogP contribution in [0.25, 0.3) is 0 Å². The Morgan fingerprint density at radius 2 is 1.83 bits per heavy atom. The minimum atomic E-state index is -3.47. The highest BCUT2D eigenvalue weighted by Crippen LogP contribution is 2.24. The zero-order valence-corrected chi connectivity index (χ0v) is 15.8. The molecule has 0 aromatic heterocycles. The van der Waals surface area contributed by atoms with Crippen molar-refractivity contribution < 1.29 is 13.2 Å². The van der Waals surface area contributed by atoms with Gasteiger partial charge in [0.05, 0.1) is 4.90 Å². The van der Waals surface area contributed by atoms with Crippen molar-refractivity contribution in [3.05, 3.63) is 29.8 Å². The zero-order valence-electron chi connectivity index (χ0n) is 15.0. The van der Waals surface area contributed by atoms with Crippen molar-refractivity contribution in [2.24, 2.45) is 11.8 Å². The van der Waals surface area contributed by atoms with Crippen molar-refractivity contribution in [3.8, 4) is 0 Å². The van der Waals surface area contributed by atoms with Gasteiger partial charge in [-0.3, -0.25) is 4.79 Å². The Kier molecular flexibility index (Phi) is 6.04. The molecule has 1 aliphatic rings. The lowest BCUT2D eigenvalue weighted by Crippen LogP contribution is -2.45. The van der Waals surface area contributed by atoms with E-state index in [1.807, 2.05) is 19.9 Å². The summed E-state index contributed by atoms with van der Waals surface area (Å²) < 4.78 is 26.9. The molecule has 6 heteroatoms. The van der Waals surface area contributed by atoms with E-state index in [2.05, 4.69) is 19.2 Å². The van der Waals surface area contributed by atoms with Crippen LogP contribution >= 0.6 is 0 Å². The molecular weight excluding hydrogens is 324 g/mol. The lowest BCUT2D eigenvalue weighted by Gasteiger charge is -2.31. The smallest absolute Gasteiger partial charge is 0.243 e. The third-order valence-electron chi connectivity index (χ3n) is 4.82. The van der Waals surface area contributed by atoms with Crippen LogP contribution in [0.4, 0.5) is 0 Å². The monoisotopic (exact) mass is 352 g/mol. The fourth-order valence-electron chi connectivity index (χ4n) is 2.79. The van der Waals surface area contributed by atoms with Gasteiger partial charge in [-0.2, -0.15) is 4.31 Å². The molecular formula is C18H28N2O3S. The summed E-state index contributed by atoms with van der Waals surface area (Å²) in [5.41, 5.74) is 0.924. The molecule has 0 radical (unpaired) electrons. The molecule has 134 valence electrons. The van der Waals surface area contributed by atoms with Crippen LogP contribution in [0.1, 0.15) is 39.2 Å². The van der Waals surface area contributed by atoms with Crippen molar-refractivity contribution in [1.82, 2.24) is 9.62 Å². The van der Waals surface area contributed by atoms with E-state index in [1.54, 1.807) is 18.2 Å². The Morgan fingerprint density at radius 1 is 1.21 bits per heavy atom. The summed E-state index contributed by atoms with van der Waals surface area (Å²) in [6.07, 6.45) is 1.14. The maximum absolute atomic E-state index is 12.7. The van der Waals surface area contributed by atoms with Crippen LogP contribution < -0.4 is 5.32 Å². The molecule has 1 N–H and O–H groups in total. The van der Waals surface area contributed by atoms with Crippen LogP contribution in [0.5, 0.6) is 0 Å². The van der Waals surface area contributed by atoms with Gasteiger partial charge in [0.1, 0.15) is 0 Å². The summed E-state index contributed by atoms with van der Waals surface area (Å²) >= 11 is 0. The van der Waals surface area contributed by atoms with Crippen LogP contribution in [0, 0.1) is 18.8 Å². The molecule has 1 saturated heterocycles. The van der Waals surface area contributed by atoms with E-state index in [9.17, 15) is 13.2 Å². The van der Waals surface area contributed by atoms with E-state index in [-0.39, 0.29) is 17.9 Å². The van der Waals surface area contributed by atoms with Gasteiger partial charge in [0.2, 0.25) is 15.9 Å². The average Bonchev–Trinajstić information content (AvgIpc) is 2.54. The second-order valence-electron chi connectivity index (χ2n) is 7.04. The molecule has 1 aromatic carbocycles. The van der Waals surface area contributed by atoms with Gasteiger partial charge >= 0.3 is 0 Å². The highest BCUT2D eigenvalue weighted by atomic mass is 32.2. The third kappa shape index (κ3) is 4.36. The number of amides is 1. The first-order valence-electron chi connectivity index (χ1n) is 8.59. The molecule has 0 saturated carbocycles. The number of hydrogen-bond donors (Lipinski definition) is 1. The van der Waals surface area contributed by atoms with Crippen molar-refractivity contribution in [2.75, 3.05) is 13.1 Å². The van der Waals surface area contributed by atoms with E-state index in [0.717, 1.165) is 5.56 Å². The van der Waals surface area contributed by atoms with Gasteiger partial charge in [0, 0.05) is 25.0 Å². The van der Waals surface area contributed by atoms with Crippen LogP contribution in [-0.4, -0.2) is 37.8 Å². The molecule has 5 nitrogen and oxygen atoms in total. The van der Waals surface area contributed by atoms with Crippen LogP contribution in [0.2, 0.25) is 0 Å². The number of carbonyl (C=O) groups excluding carboxylic acids is 1. The Labute approximate surface area is 145 Å². The van der Waals surface area contributed by atoms with Gasteiger partial charge in [-0.1, -0.05) is 26.0 Å². The molecule has 24 heavy (non-hydrogen) atoms. The normalized spacial score (nSPS) is 18.5. The molecule has 1 atom stereocenters. The maximum atomic E-state index is 12.7. The molecule has 2 rings (SSSR count). The van der Waals surface area contributed by atoms with Crippen molar-refractivity contribution >= 4 is 15.9 Å². The first-order chi connectivity index (χ1) is 11.2. The van der Waals surface area contributed by atoms with Gasteiger partial charge in [0.25, 0.3) is 0 Å². The molecule has 1 aromatic rings. The number of carbonyl (C=O) groups is 1. The number of piperidine rings is 1. The van der Waals surface area contributed by atoms with Crippen molar-refractivity contribution in [2.45, 2.75) is 51.5 Å². The van der Waals surface area contributed by atoms with E-state index < -0.39 is 10.0 Å². The molecule has 0 spiro atoms. The number of benzene rings is 1. The van der Waals surface area contributed by atoms with Crippen molar-refractivity contribution in [3.63, 3.8) is 0 Å². The first kappa shape index (κ1) is 18.9. The Morgan fingerprint density at radius 3 is 2.38 bits per heavy atom. The second-order valence-corrected chi connectivity index (χ2v) is 8.97. The van der Waals surface area contributed by atoms with Gasteiger partial charge in [-0.15, -0.1) is 0 Å². The van der Waals surface area contributed by atoms with Crippen LogP contribution in [-0.2, 0) is 14.8 Å². The predicted octanol–water partition coefficient (Wildman–Crippen LogP) is 2.56. The maximum Gasteiger partial charge on any atom is 0.243 e. The number of sulfonamides is 1. The quantitative estimate of drug-likeness (QED) is 0.886. The summed E-state index contributed by atoms with van der Waals surface area (Å²) in [6, 6.07) is 7.09. The van der Waals surface area contributed by atoms with Gasteiger partial charge in [-0.05, 0) is 50.3 Å². The molecule has 0 aliphatic carbocycles. The third-order valence-corrected chi connectivity index (χ3v) is 6.72. The minimum Gasteiger partial charge on any atom is -0.353 e. The van der Waals surface area contributed by atoms with E-state index in [1.165, 1.54) is 4.31 Å². The summed E-state index contributed by atoms with van der Waals surface area (Å²) in [6.45, 7) is 8.81. The summed E-state index contributed by atoms with van der Waals surface area (Å²) in [4.78, 5) is 12.6. The van der Waals surface area contributed by atoms with Crippen LogP contribution in [0.3, 0.4) is 0 Å². The average molecular weight is 353 g/mol. The molecule has 1 heterocycles. The molecule has 1 aliphatic heterocycles. The SMILES string of the molecule is Cc1cccc(S(=O)(=O)N2CCC(C(=O)N[C@H](C)C(C)C)CC2)c1. The number of hydrogen-bond acceptors (Lipinski definition) is 3. The zero-order chi connectivity index (χ0) is 17.9. The molecule has 0 unspecified atom stereocenters. The number of rotatable bonds is 5. The molecule has 1 fully saturated rings. The summed E-state index contributed by atoms with van der Waals surface area (Å²) in [5, 5.41) is 3.03. The molecule has 0 bridgehead atoms. The molecule has 1 amide bonds. The second kappa shape index (κ2) is 7.66. The first-order valence-corrected chi connectivity index (χ1v) is 10.0. The van der Waals surface area contributed by atoms with Crippen LogP contribution in [0.15, 0.2) is 29.2 Å². The van der Waals surface area contributed by atoms with E-state index in [0.29, 0.717) is 36.7 Å². The predicted molar refractivity (Wildman–Crippen MR) is 95.1 cm³/mol. The van der Waals surface area contributed by atoms with Gasteiger partial charge in [-0.25, -0.2) is 8.42 Å². The number of nitrogens with zero attached hydrogens (tertiary/aromatic N) is 1. The highest BCUT2D eigenvalue weighted by molar-refractivity contribution is 7.89. The summed E-state index contributed by atoms with van der Waals surface area (Å²) in [7, 11) is -3.47.